The van der Waals surface area contributed by atoms with E-state index in [2.05, 4.69) is 0 Å². The molecule has 0 aromatic heterocycles. The van der Waals surface area contributed by atoms with E-state index in [1.54, 1.807) is 30.3 Å². The summed E-state index contributed by atoms with van der Waals surface area (Å²) in [6, 6.07) is 10.3. The molecule has 9 heteroatoms. The zero-order valence-electron chi connectivity index (χ0n) is 19.0. The summed E-state index contributed by atoms with van der Waals surface area (Å²) in [5, 5.41) is 5.08. The van der Waals surface area contributed by atoms with Crippen molar-refractivity contribution in [3.63, 3.8) is 0 Å². The predicted octanol–water partition coefficient (Wildman–Crippen LogP) is 4.79. The quantitative estimate of drug-likeness (QED) is 0.590. The molecule has 2 N–H and O–H groups in total. The largest absolute Gasteiger partial charge is 0.333 e. The van der Waals surface area contributed by atoms with Crippen molar-refractivity contribution in [2.24, 2.45) is 5.14 Å². The van der Waals surface area contributed by atoms with Crippen LogP contribution in [0.2, 0.25) is 0 Å². The zero-order valence-corrected chi connectivity index (χ0v) is 21.5. The van der Waals surface area contributed by atoms with E-state index in [4.69, 9.17) is 9.32 Å². The smallest absolute Gasteiger partial charge is 0.253 e. The molecule has 0 fully saturated rings. The van der Waals surface area contributed by atoms with Gasteiger partial charge in [-0.2, -0.15) is 8.42 Å². The van der Waals surface area contributed by atoms with Gasteiger partial charge in [-0.25, -0.2) is 13.6 Å². The first-order chi connectivity index (χ1) is 13.9. The molecule has 172 valence electrons. The Bertz CT molecular complexity index is 1160. The van der Waals surface area contributed by atoms with Gasteiger partial charge in [-0.05, 0) is 52.6 Å². The molecule has 0 amide bonds. The first kappa shape index (κ1) is 25.9. The Balaban J connectivity index is 2.71. The number of benzene rings is 2. The summed E-state index contributed by atoms with van der Waals surface area (Å²) in [4.78, 5) is 0.749. The van der Waals surface area contributed by atoms with E-state index in [1.165, 1.54) is 0 Å². The highest BCUT2D eigenvalue weighted by Crippen LogP contribution is 2.43. The summed E-state index contributed by atoms with van der Waals surface area (Å²) in [5.74, 6) is 0. The Hall–Kier alpha value is -1.39. The standard InChI is InChI=1S/C22H31NO5S3/c1-15-8-10-16(11-9-15)30(24,25)29-19-13-12-18(21(2,3)4)17(14-28-31(23,26)27)20(19)22(5,6)7/h8-13H,14H2,1-7H3,(H2,23,26,27). The Morgan fingerprint density at radius 3 is 1.87 bits per heavy atom. The van der Waals surface area contributed by atoms with E-state index >= 15 is 0 Å². The average molecular weight is 486 g/mol. The number of hydrogen-bond acceptors (Lipinski definition) is 6. The van der Waals surface area contributed by atoms with Crippen LogP contribution in [0.3, 0.4) is 0 Å². The molecule has 0 heterocycles. The molecule has 2 aromatic carbocycles. The molecule has 0 bridgehead atoms. The number of aryl methyl sites for hydroxylation is 1. The summed E-state index contributed by atoms with van der Waals surface area (Å²) >= 11 is 0. The van der Waals surface area contributed by atoms with E-state index in [-0.39, 0.29) is 16.9 Å². The third-order valence-corrected chi connectivity index (χ3v) is 8.52. The topological polar surface area (TPSA) is 104 Å². The first-order valence-electron chi connectivity index (χ1n) is 9.77. The van der Waals surface area contributed by atoms with Crippen LogP contribution in [0.15, 0.2) is 46.2 Å². The summed E-state index contributed by atoms with van der Waals surface area (Å²) in [5.41, 5.74) is 2.40. The highest BCUT2D eigenvalue weighted by atomic mass is 33.1. The Kier molecular flexibility index (Phi) is 7.39. The lowest BCUT2D eigenvalue weighted by molar-refractivity contribution is 0.301. The highest BCUT2D eigenvalue weighted by molar-refractivity contribution is 8.72. The summed E-state index contributed by atoms with van der Waals surface area (Å²) in [7, 11) is -7.09. The Labute approximate surface area is 190 Å². The van der Waals surface area contributed by atoms with Crippen molar-refractivity contribution < 1.29 is 21.0 Å². The van der Waals surface area contributed by atoms with Crippen molar-refractivity contribution in [3.05, 3.63) is 58.7 Å². The molecule has 0 saturated carbocycles. The van der Waals surface area contributed by atoms with Crippen LogP contribution in [-0.4, -0.2) is 16.8 Å². The van der Waals surface area contributed by atoms with Crippen molar-refractivity contribution in [1.82, 2.24) is 0 Å². The fourth-order valence-electron chi connectivity index (χ4n) is 3.38. The van der Waals surface area contributed by atoms with Gasteiger partial charge in [0.25, 0.3) is 0 Å². The van der Waals surface area contributed by atoms with Crippen LogP contribution in [0.1, 0.15) is 63.8 Å². The molecule has 0 aliphatic rings. The minimum atomic E-state index is -4.17. The number of nitrogens with two attached hydrogens (primary N) is 1. The maximum absolute atomic E-state index is 13.1. The van der Waals surface area contributed by atoms with E-state index in [0.717, 1.165) is 27.5 Å². The van der Waals surface area contributed by atoms with Gasteiger partial charge in [0.05, 0.1) is 11.5 Å². The summed E-state index contributed by atoms with van der Waals surface area (Å²) in [6.07, 6.45) is 0. The molecule has 0 unspecified atom stereocenters. The molecule has 0 aliphatic heterocycles. The predicted molar refractivity (Wildman–Crippen MR) is 126 cm³/mol. The molecular weight excluding hydrogens is 454 g/mol. The van der Waals surface area contributed by atoms with Crippen LogP contribution < -0.4 is 5.14 Å². The molecule has 31 heavy (non-hydrogen) atoms. The molecule has 0 radical (unpaired) electrons. The second kappa shape index (κ2) is 8.86. The average Bonchev–Trinajstić information content (AvgIpc) is 2.57. The Morgan fingerprint density at radius 1 is 0.871 bits per heavy atom. The summed E-state index contributed by atoms with van der Waals surface area (Å²) in [6.45, 7) is 13.5. The minimum absolute atomic E-state index is 0.213. The second-order valence-electron chi connectivity index (χ2n) is 9.57. The van der Waals surface area contributed by atoms with Gasteiger partial charge in [-0.1, -0.05) is 65.3 Å². The van der Waals surface area contributed by atoms with E-state index < -0.39 is 24.6 Å². The van der Waals surface area contributed by atoms with Gasteiger partial charge in [0.2, 0.25) is 8.87 Å². The van der Waals surface area contributed by atoms with Gasteiger partial charge in [0.1, 0.15) is 0 Å². The maximum atomic E-state index is 13.1. The zero-order chi connectivity index (χ0) is 23.8. The molecular formula is C22H31NO5S3. The van der Waals surface area contributed by atoms with Crippen LogP contribution in [0.5, 0.6) is 0 Å². The SMILES string of the molecule is Cc1ccc(S(=O)(=O)Sc2ccc(C(C)(C)C)c(COS(N)(=O)=O)c2C(C)(C)C)cc1. The monoisotopic (exact) mass is 485 g/mol. The van der Waals surface area contributed by atoms with Gasteiger partial charge >= 0.3 is 10.3 Å². The third-order valence-electron chi connectivity index (χ3n) is 4.71. The molecule has 0 atom stereocenters. The number of rotatable bonds is 6. The Morgan fingerprint density at radius 2 is 1.42 bits per heavy atom. The molecule has 2 rings (SSSR count). The lowest BCUT2D eigenvalue weighted by Gasteiger charge is -2.31. The second-order valence-corrected chi connectivity index (χ2v) is 14.6. The lowest BCUT2D eigenvalue weighted by atomic mass is 9.76. The van der Waals surface area contributed by atoms with Gasteiger partial charge in [-0.15, -0.1) is 0 Å². The minimum Gasteiger partial charge on any atom is -0.253 e. The van der Waals surface area contributed by atoms with E-state index in [9.17, 15) is 16.8 Å². The number of hydrogen-bond donors (Lipinski definition) is 1. The molecule has 6 nitrogen and oxygen atoms in total. The molecule has 0 saturated heterocycles. The van der Waals surface area contributed by atoms with Crippen LogP contribution in [0.4, 0.5) is 0 Å². The van der Waals surface area contributed by atoms with E-state index in [0.29, 0.717) is 10.5 Å². The highest BCUT2D eigenvalue weighted by Gasteiger charge is 2.31. The molecule has 0 aliphatic carbocycles. The van der Waals surface area contributed by atoms with Crippen LogP contribution in [-0.2, 0) is 40.8 Å². The fraction of sp³-hybridized carbons (Fsp3) is 0.455. The lowest BCUT2D eigenvalue weighted by Crippen LogP contribution is -2.24. The van der Waals surface area contributed by atoms with Gasteiger partial charge in [0, 0.05) is 15.7 Å². The van der Waals surface area contributed by atoms with Crippen molar-refractivity contribution in [2.75, 3.05) is 0 Å². The van der Waals surface area contributed by atoms with Crippen LogP contribution in [0.25, 0.3) is 0 Å². The van der Waals surface area contributed by atoms with Crippen molar-refractivity contribution >= 4 is 30.0 Å². The normalized spacial score (nSPS) is 13.4. The molecule has 2 aromatic rings. The van der Waals surface area contributed by atoms with Crippen molar-refractivity contribution in [2.45, 2.75) is 75.7 Å². The molecule has 0 spiro atoms. The van der Waals surface area contributed by atoms with Crippen LogP contribution >= 0.6 is 10.8 Å². The van der Waals surface area contributed by atoms with Crippen molar-refractivity contribution in [1.29, 1.82) is 0 Å². The third kappa shape index (κ3) is 6.79. The van der Waals surface area contributed by atoms with E-state index in [1.807, 2.05) is 54.5 Å². The first-order valence-corrected chi connectivity index (χ1v) is 14.1. The van der Waals surface area contributed by atoms with Gasteiger partial charge in [-0.3, -0.25) is 4.18 Å². The van der Waals surface area contributed by atoms with Gasteiger partial charge < -0.3 is 0 Å². The summed E-state index contributed by atoms with van der Waals surface area (Å²) < 4.78 is 54.2. The fourth-order valence-corrected chi connectivity index (χ4v) is 6.85. The van der Waals surface area contributed by atoms with Gasteiger partial charge in [0.15, 0.2) is 0 Å². The van der Waals surface area contributed by atoms with Crippen LogP contribution in [0, 0.1) is 6.92 Å². The van der Waals surface area contributed by atoms with Crippen molar-refractivity contribution in [3.8, 4) is 0 Å². The maximum Gasteiger partial charge on any atom is 0.333 e.